The van der Waals surface area contributed by atoms with Crippen molar-refractivity contribution < 1.29 is 4.74 Å². The van der Waals surface area contributed by atoms with Crippen LogP contribution in [-0.2, 0) is 4.74 Å². The van der Waals surface area contributed by atoms with Crippen LogP contribution in [0, 0.1) is 5.92 Å². The van der Waals surface area contributed by atoms with Crippen LogP contribution < -0.4 is 5.73 Å². The Labute approximate surface area is 93.0 Å². The molecule has 88 valence electrons. The molecular weight excluding hydrogens is 188 g/mol. The third kappa shape index (κ3) is 2.19. The highest BCUT2D eigenvalue weighted by Crippen LogP contribution is 2.31. The summed E-state index contributed by atoms with van der Waals surface area (Å²) in [5.41, 5.74) is 6.15. The van der Waals surface area contributed by atoms with E-state index in [2.05, 4.69) is 11.8 Å². The van der Waals surface area contributed by atoms with Gasteiger partial charge < -0.3 is 10.5 Å². The van der Waals surface area contributed by atoms with Crippen molar-refractivity contribution in [3.63, 3.8) is 0 Å². The van der Waals surface area contributed by atoms with Crippen LogP contribution in [0.15, 0.2) is 0 Å². The smallest absolute Gasteiger partial charge is 0.0662 e. The highest BCUT2D eigenvalue weighted by molar-refractivity contribution is 4.96. The molecule has 2 aliphatic heterocycles. The third-order valence-electron chi connectivity index (χ3n) is 4.22. The first kappa shape index (κ1) is 11.4. The minimum Gasteiger partial charge on any atom is -0.379 e. The lowest BCUT2D eigenvalue weighted by atomic mass is 9.90. The van der Waals surface area contributed by atoms with Gasteiger partial charge in [-0.25, -0.2) is 0 Å². The number of hydrogen-bond acceptors (Lipinski definition) is 3. The predicted octanol–water partition coefficient (Wildman–Crippen LogP) is 1.23. The predicted molar refractivity (Wildman–Crippen MR) is 61.8 cm³/mol. The second-order valence-electron chi connectivity index (χ2n) is 5.09. The highest BCUT2D eigenvalue weighted by Gasteiger charge is 2.40. The molecule has 2 fully saturated rings. The zero-order chi connectivity index (χ0) is 10.7. The average molecular weight is 212 g/mol. The van der Waals surface area contributed by atoms with E-state index in [1.165, 1.54) is 38.8 Å². The molecule has 15 heavy (non-hydrogen) atoms. The van der Waals surface area contributed by atoms with E-state index < -0.39 is 0 Å². The molecule has 2 heterocycles. The van der Waals surface area contributed by atoms with Gasteiger partial charge in [0.15, 0.2) is 0 Å². The van der Waals surface area contributed by atoms with Crippen LogP contribution in [0.25, 0.3) is 0 Å². The van der Waals surface area contributed by atoms with Crippen molar-refractivity contribution >= 4 is 0 Å². The molecule has 3 nitrogen and oxygen atoms in total. The van der Waals surface area contributed by atoms with Crippen molar-refractivity contribution in [2.45, 2.75) is 38.1 Å². The van der Waals surface area contributed by atoms with Crippen molar-refractivity contribution in [1.29, 1.82) is 0 Å². The van der Waals surface area contributed by atoms with Gasteiger partial charge in [0.25, 0.3) is 0 Å². The number of likely N-dealkylation sites (tertiary alicyclic amines) is 1. The fourth-order valence-electron chi connectivity index (χ4n) is 2.97. The Bertz CT molecular complexity index is 202. The van der Waals surface area contributed by atoms with Crippen molar-refractivity contribution in [2.75, 3.05) is 32.8 Å². The van der Waals surface area contributed by atoms with Gasteiger partial charge in [0.2, 0.25) is 0 Å². The molecule has 3 heteroatoms. The van der Waals surface area contributed by atoms with Crippen molar-refractivity contribution in [2.24, 2.45) is 11.7 Å². The lowest BCUT2D eigenvalue weighted by Crippen LogP contribution is -2.57. The van der Waals surface area contributed by atoms with E-state index in [1.54, 1.807) is 0 Å². The molecule has 2 N–H and O–H groups in total. The molecule has 2 unspecified atom stereocenters. The number of hydrogen-bond donors (Lipinski definition) is 1. The SMILES string of the molecule is CCC1CCN(C2(CN)CCCOC2)C1. The minimum absolute atomic E-state index is 0.169. The van der Waals surface area contributed by atoms with Crippen LogP contribution in [-0.4, -0.2) is 43.3 Å². The van der Waals surface area contributed by atoms with E-state index in [9.17, 15) is 0 Å². The molecule has 2 saturated heterocycles. The highest BCUT2D eigenvalue weighted by atomic mass is 16.5. The Morgan fingerprint density at radius 2 is 2.40 bits per heavy atom. The molecule has 0 aromatic heterocycles. The van der Waals surface area contributed by atoms with Crippen LogP contribution >= 0.6 is 0 Å². The molecule has 0 saturated carbocycles. The third-order valence-corrected chi connectivity index (χ3v) is 4.22. The first-order valence-electron chi connectivity index (χ1n) is 6.33. The van der Waals surface area contributed by atoms with Crippen LogP contribution in [0.4, 0.5) is 0 Å². The Kier molecular flexibility index (Phi) is 3.65. The molecule has 0 aromatic carbocycles. The maximum atomic E-state index is 5.98. The van der Waals surface area contributed by atoms with Crippen molar-refractivity contribution in [3.8, 4) is 0 Å². The molecule has 0 aromatic rings. The number of nitrogens with zero attached hydrogens (tertiary/aromatic N) is 1. The zero-order valence-corrected chi connectivity index (χ0v) is 9.87. The molecule has 2 aliphatic rings. The summed E-state index contributed by atoms with van der Waals surface area (Å²) in [7, 11) is 0. The van der Waals surface area contributed by atoms with Gasteiger partial charge in [-0.3, -0.25) is 4.90 Å². The average Bonchev–Trinajstić information content (AvgIpc) is 2.79. The molecule has 2 atom stereocenters. The lowest BCUT2D eigenvalue weighted by molar-refractivity contribution is -0.0368. The topological polar surface area (TPSA) is 38.5 Å². The Morgan fingerprint density at radius 3 is 2.93 bits per heavy atom. The maximum Gasteiger partial charge on any atom is 0.0662 e. The van der Waals surface area contributed by atoms with Gasteiger partial charge in [-0.05, 0) is 31.7 Å². The summed E-state index contributed by atoms with van der Waals surface area (Å²) in [6, 6.07) is 0. The summed E-state index contributed by atoms with van der Waals surface area (Å²) in [6.07, 6.45) is 5.04. The molecular formula is C12H24N2O. The normalized spacial score (nSPS) is 38.4. The molecule has 0 spiro atoms. The molecule has 0 bridgehead atoms. The van der Waals surface area contributed by atoms with Crippen molar-refractivity contribution in [3.05, 3.63) is 0 Å². The second kappa shape index (κ2) is 4.81. The summed E-state index contributed by atoms with van der Waals surface area (Å²) in [6.45, 7) is 7.27. The molecule has 0 aliphatic carbocycles. The van der Waals surface area contributed by atoms with Gasteiger partial charge in [-0.15, -0.1) is 0 Å². The Morgan fingerprint density at radius 1 is 1.53 bits per heavy atom. The monoisotopic (exact) mass is 212 g/mol. The molecule has 2 rings (SSSR count). The first-order valence-corrected chi connectivity index (χ1v) is 6.33. The standard InChI is InChI=1S/C12H24N2O/c1-2-11-4-6-14(8-11)12(9-13)5-3-7-15-10-12/h11H,2-10,13H2,1H3. The maximum absolute atomic E-state index is 5.98. The van der Waals surface area contributed by atoms with E-state index in [0.717, 1.165) is 25.7 Å². The van der Waals surface area contributed by atoms with Gasteiger partial charge in [-0.1, -0.05) is 13.3 Å². The molecule has 0 amide bonds. The van der Waals surface area contributed by atoms with Crippen LogP contribution in [0.5, 0.6) is 0 Å². The van der Waals surface area contributed by atoms with E-state index >= 15 is 0 Å². The Balaban J connectivity index is 1.99. The summed E-state index contributed by atoms with van der Waals surface area (Å²) in [4.78, 5) is 2.60. The van der Waals surface area contributed by atoms with E-state index in [0.29, 0.717) is 0 Å². The van der Waals surface area contributed by atoms with Gasteiger partial charge in [0, 0.05) is 19.7 Å². The summed E-state index contributed by atoms with van der Waals surface area (Å²) >= 11 is 0. The van der Waals surface area contributed by atoms with Gasteiger partial charge >= 0.3 is 0 Å². The number of ether oxygens (including phenoxy) is 1. The Hall–Kier alpha value is -0.120. The quantitative estimate of drug-likeness (QED) is 0.764. The van der Waals surface area contributed by atoms with E-state index in [-0.39, 0.29) is 5.54 Å². The summed E-state index contributed by atoms with van der Waals surface area (Å²) in [5.74, 6) is 0.885. The van der Waals surface area contributed by atoms with Gasteiger partial charge in [-0.2, -0.15) is 0 Å². The van der Waals surface area contributed by atoms with Gasteiger partial charge in [0.1, 0.15) is 0 Å². The van der Waals surface area contributed by atoms with Crippen LogP contribution in [0.1, 0.15) is 32.6 Å². The van der Waals surface area contributed by atoms with Gasteiger partial charge in [0.05, 0.1) is 12.1 Å². The van der Waals surface area contributed by atoms with Crippen molar-refractivity contribution in [1.82, 2.24) is 4.90 Å². The largest absolute Gasteiger partial charge is 0.379 e. The molecule has 0 radical (unpaired) electrons. The fraction of sp³-hybridized carbons (Fsp3) is 1.00. The number of rotatable bonds is 3. The second-order valence-corrected chi connectivity index (χ2v) is 5.09. The number of nitrogens with two attached hydrogens (primary N) is 1. The first-order chi connectivity index (χ1) is 7.30. The van der Waals surface area contributed by atoms with Crippen LogP contribution in [0.3, 0.4) is 0 Å². The zero-order valence-electron chi connectivity index (χ0n) is 9.87. The van der Waals surface area contributed by atoms with Crippen LogP contribution in [0.2, 0.25) is 0 Å². The summed E-state index contributed by atoms with van der Waals surface area (Å²) < 4.78 is 5.64. The van der Waals surface area contributed by atoms with E-state index in [4.69, 9.17) is 10.5 Å². The minimum atomic E-state index is 0.169. The lowest BCUT2D eigenvalue weighted by Gasteiger charge is -2.43. The summed E-state index contributed by atoms with van der Waals surface area (Å²) in [5, 5.41) is 0. The van der Waals surface area contributed by atoms with E-state index in [1.807, 2.05) is 0 Å². The fourth-order valence-corrected chi connectivity index (χ4v) is 2.97.